The average molecular weight is 365 g/mol. The van der Waals surface area contributed by atoms with Gasteiger partial charge >= 0.3 is 23.1 Å². The molecule has 0 aromatic carbocycles. The molecule has 1 N–H and O–H groups in total. The van der Waals surface area contributed by atoms with E-state index in [9.17, 15) is 0 Å². The first-order valence-corrected chi connectivity index (χ1v) is 8.99. The van der Waals surface area contributed by atoms with Crippen molar-refractivity contribution in [3.05, 3.63) is 0 Å². The Morgan fingerprint density at radius 1 is 0.636 bits per heavy atom. The quantitative estimate of drug-likeness (QED) is 0.321. The molecule has 0 aliphatic carbocycles. The fourth-order valence-corrected chi connectivity index (χ4v) is 2.87. The Hall–Kier alpha value is 1.31. The van der Waals surface area contributed by atoms with Crippen molar-refractivity contribution in [2.24, 2.45) is 11.8 Å². The average Bonchev–Trinajstić information content (AvgIpc) is 2.42. The normalized spacial score (nSPS) is 12.5. The molecule has 0 saturated carbocycles. The van der Waals surface area contributed by atoms with Gasteiger partial charge in [-0.2, -0.15) is 0 Å². The minimum absolute atomic E-state index is 0. The van der Waals surface area contributed by atoms with Gasteiger partial charge in [0.15, 0.2) is 0 Å². The van der Waals surface area contributed by atoms with Crippen molar-refractivity contribution in [2.75, 3.05) is 13.1 Å². The fraction of sp³-hybridized carbons (Fsp3) is 1.00. The zero-order chi connectivity index (χ0) is 14.3. The Bertz CT molecular complexity index is 182. The summed E-state index contributed by atoms with van der Waals surface area (Å²) in [4.78, 5) is 0. The first-order valence-electron chi connectivity index (χ1n) is 8.99. The van der Waals surface area contributed by atoms with Crippen LogP contribution in [-0.4, -0.2) is 36.1 Å². The maximum absolute atomic E-state index is 3.76. The van der Waals surface area contributed by atoms with Gasteiger partial charge < -0.3 is 30.1 Å². The number of halogens is 2. The van der Waals surface area contributed by atoms with Crippen LogP contribution in [0.4, 0.5) is 0 Å². The van der Waals surface area contributed by atoms with Crippen LogP contribution in [0.5, 0.6) is 0 Å². The van der Waals surface area contributed by atoms with Gasteiger partial charge in [0, 0.05) is 0 Å². The van der Waals surface area contributed by atoms with Crippen molar-refractivity contribution in [3.63, 3.8) is 0 Å². The molecular weight excluding hydrogens is 325 g/mol. The van der Waals surface area contributed by atoms with Crippen molar-refractivity contribution >= 4 is 23.1 Å². The van der Waals surface area contributed by atoms with E-state index in [1.807, 2.05) is 0 Å². The van der Waals surface area contributed by atoms with E-state index in [1.165, 1.54) is 77.3 Å². The van der Waals surface area contributed by atoms with Crippen LogP contribution < -0.4 is 30.1 Å². The topological polar surface area (TPSA) is 12.0 Å². The van der Waals surface area contributed by atoms with Gasteiger partial charge in [-0.1, -0.05) is 72.6 Å². The number of hydrogen-bond acceptors (Lipinski definition) is 1. The smallest absolute Gasteiger partial charge is 1.00 e. The van der Waals surface area contributed by atoms with Crippen LogP contribution in [0.2, 0.25) is 0 Å². The third-order valence-electron chi connectivity index (χ3n) is 4.32. The molecule has 0 fully saturated rings. The van der Waals surface area contributed by atoms with E-state index < -0.39 is 0 Å². The molecule has 0 aliphatic heterocycles. The molecule has 0 aliphatic rings. The second-order valence-corrected chi connectivity index (χ2v) is 6.23. The van der Waals surface area contributed by atoms with Gasteiger partial charge in [0.25, 0.3) is 0 Å². The van der Waals surface area contributed by atoms with Crippen LogP contribution in [0.25, 0.3) is 0 Å². The van der Waals surface area contributed by atoms with Gasteiger partial charge in [-0.3, -0.25) is 0 Å². The van der Waals surface area contributed by atoms with Gasteiger partial charge in [0.2, 0.25) is 0 Å². The van der Waals surface area contributed by atoms with Crippen LogP contribution in [0, 0.1) is 11.8 Å². The van der Waals surface area contributed by atoms with Gasteiger partial charge in [-0.15, -0.1) is 0 Å². The van der Waals surface area contributed by atoms with Crippen LogP contribution in [0.1, 0.15) is 91.9 Å². The summed E-state index contributed by atoms with van der Waals surface area (Å²) in [6.45, 7) is 11.7. The van der Waals surface area contributed by atoms with Gasteiger partial charge in [0.1, 0.15) is 0 Å². The molecule has 0 aromatic rings. The van der Waals surface area contributed by atoms with E-state index in [1.54, 1.807) is 0 Å². The monoisotopic (exact) mass is 363 g/mol. The second-order valence-electron chi connectivity index (χ2n) is 6.23. The molecule has 0 aromatic heterocycles. The molecule has 0 amide bonds. The predicted octanol–water partition coefficient (Wildman–Crippen LogP) is -0.584. The maximum Gasteiger partial charge on any atom is 2.00 e. The molecule has 0 saturated heterocycles. The number of unbranched alkanes of at least 4 members (excludes halogenated alkanes) is 3. The van der Waals surface area contributed by atoms with E-state index in [0.717, 1.165) is 11.8 Å². The van der Waals surface area contributed by atoms with E-state index in [-0.39, 0.29) is 47.9 Å². The Morgan fingerprint density at radius 2 is 1.18 bits per heavy atom. The van der Waals surface area contributed by atoms with Gasteiger partial charge in [-0.05, 0) is 44.2 Å². The number of rotatable bonds is 14. The Labute approximate surface area is 169 Å². The summed E-state index contributed by atoms with van der Waals surface area (Å²) < 4.78 is 0. The Kier molecular flexibility index (Phi) is 34.7. The molecule has 2 unspecified atom stereocenters. The van der Waals surface area contributed by atoms with Crippen LogP contribution in [-0.2, 0) is 0 Å². The van der Waals surface area contributed by atoms with Crippen molar-refractivity contribution in [1.82, 2.24) is 5.32 Å². The first-order chi connectivity index (χ1) is 9.28. The van der Waals surface area contributed by atoms with E-state index >= 15 is 0 Å². The Balaban J connectivity index is -0.000000540. The number of hydrogen-bond donors (Lipinski definition) is 1. The third-order valence-corrected chi connectivity index (χ3v) is 4.32. The van der Waals surface area contributed by atoms with Crippen molar-refractivity contribution in [2.45, 2.75) is 91.9 Å². The van der Waals surface area contributed by atoms with Gasteiger partial charge in [0.05, 0.1) is 0 Å². The zero-order valence-corrected chi connectivity index (χ0v) is 18.5. The van der Waals surface area contributed by atoms with Crippen LogP contribution >= 0.6 is 0 Å². The SMILES string of the molecule is CCCCCC(CCC)CNCC(CC)CCCC.[Cl-].[Cl-].[Mg+2]. The second kappa shape index (κ2) is 24.6. The van der Waals surface area contributed by atoms with E-state index in [2.05, 4.69) is 33.0 Å². The van der Waals surface area contributed by atoms with E-state index in [0.29, 0.717) is 0 Å². The summed E-state index contributed by atoms with van der Waals surface area (Å²) >= 11 is 0. The largest absolute Gasteiger partial charge is 2.00 e. The predicted molar refractivity (Wildman–Crippen MR) is 94.5 cm³/mol. The molecule has 22 heavy (non-hydrogen) atoms. The third kappa shape index (κ3) is 19.4. The minimum Gasteiger partial charge on any atom is -1.00 e. The molecule has 1 nitrogen and oxygen atoms in total. The Morgan fingerprint density at radius 3 is 1.68 bits per heavy atom. The summed E-state index contributed by atoms with van der Waals surface area (Å²) in [6, 6.07) is 0. The summed E-state index contributed by atoms with van der Waals surface area (Å²) in [7, 11) is 0. The molecule has 4 heteroatoms. The molecular formula is C18H39Cl2MgN. The fourth-order valence-electron chi connectivity index (χ4n) is 2.87. The standard InChI is InChI=1S/C18H39N.2ClH.Mg/c1-5-9-11-14-18(12-7-3)16-19-15-17(8-4)13-10-6-2;;;/h17-19H,5-16H2,1-4H3;2*1H;/q;;;+2/p-2. The molecule has 0 spiro atoms. The van der Waals surface area contributed by atoms with Crippen molar-refractivity contribution < 1.29 is 24.8 Å². The molecule has 0 rings (SSSR count). The van der Waals surface area contributed by atoms with Crippen molar-refractivity contribution in [1.29, 1.82) is 0 Å². The first kappa shape index (κ1) is 31.1. The summed E-state index contributed by atoms with van der Waals surface area (Å²) in [6.07, 6.45) is 13.8. The minimum atomic E-state index is 0. The zero-order valence-electron chi connectivity index (χ0n) is 15.6. The summed E-state index contributed by atoms with van der Waals surface area (Å²) in [5, 5.41) is 3.76. The van der Waals surface area contributed by atoms with Crippen LogP contribution in [0.15, 0.2) is 0 Å². The summed E-state index contributed by atoms with van der Waals surface area (Å²) in [5.41, 5.74) is 0. The molecule has 2 atom stereocenters. The van der Waals surface area contributed by atoms with Crippen LogP contribution in [0.3, 0.4) is 0 Å². The van der Waals surface area contributed by atoms with Crippen molar-refractivity contribution in [3.8, 4) is 0 Å². The van der Waals surface area contributed by atoms with E-state index in [4.69, 9.17) is 0 Å². The molecule has 0 bridgehead atoms. The molecule has 0 heterocycles. The molecule has 132 valence electrons. The summed E-state index contributed by atoms with van der Waals surface area (Å²) in [5.74, 6) is 1.82. The molecule has 0 radical (unpaired) electrons. The maximum atomic E-state index is 3.76. The van der Waals surface area contributed by atoms with Gasteiger partial charge in [-0.25, -0.2) is 0 Å². The number of nitrogens with one attached hydrogen (secondary N) is 1.